The molecule has 5 heteroatoms. The zero-order chi connectivity index (χ0) is 17.1. The van der Waals surface area contributed by atoms with Crippen LogP contribution < -0.4 is 15.0 Å². The predicted molar refractivity (Wildman–Crippen MR) is 93.2 cm³/mol. The van der Waals surface area contributed by atoms with Crippen LogP contribution in [0.25, 0.3) is 0 Å². The minimum absolute atomic E-state index is 0.0299. The number of ether oxygens (including phenoxy) is 1. The zero-order valence-corrected chi connectivity index (χ0v) is 14.5. The highest BCUT2D eigenvalue weighted by Crippen LogP contribution is 2.33. The van der Waals surface area contributed by atoms with Gasteiger partial charge in [0, 0.05) is 19.0 Å². The van der Waals surface area contributed by atoms with Crippen LogP contribution in [-0.4, -0.2) is 31.0 Å². The monoisotopic (exact) mass is 330 g/mol. The van der Waals surface area contributed by atoms with Crippen molar-refractivity contribution in [1.82, 2.24) is 5.32 Å². The van der Waals surface area contributed by atoms with Crippen LogP contribution in [0.5, 0.6) is 5.75 Å². The van der Waals surface area contributed by atoms with Crippen molar-refractivity contribution in [2.24, 2.45) is 5.92 Å². The maximum atomic E-state index is 12.3. The van der Waals surface area contributed by atoms with E-state index in [0.717, 1.165) is 17.7 Å². The molecule has 0 radical (unpaired) electrons. The van der Waals surface area contributed by atoms with Crippen LogP contribution in [-0.2, 0) is 9.59 Å². The number of nitrogens with zero attached hydrogens (tertiary/aromatic N) is 1. The molecule has 0 aromatic heterocycles. The van der Waals surface area contributed by atoms with Gasteiger partial charge in [-0.1, -0.05) is 25.8 Å². The Kier molecular flexibility index (Phi) is 5.07. The summed E-state index contributed by atoms with van der Waals surface area (Å²) in [5.41, 5.74) is 1.84. The van der Waals surface area contributed by atoms with Crippen LogP contribution in [0.4, 0.5) is 5.69 Å². The largest absolute Gasteiger partial charge is 0.482 e. The van der Waals surface area contributed by atoms with Gasteiger partial charge in [-0.2, -0.15) is 0 Å². The molecular formula is C19H26N2O3. The molecule has 0 bridgehead atoms. The third-order valence-corrected chi connectivity index (χ3v) is 5.08. The Labute approximate surface area is 143 Å². The summed E-state index contributed by atoms with van der Waals surface area (Å²) in [5.74, 6) is 1.19. The number of rotatable bonds is 4. The molecule has 1 aliphatic heterocycles. The summed E-state index contributed by atoms with van der Waals surface area (Å²) in [4.78, 5) is 26.2. The summed E-state index contributed by atoms with van der Waals surface area (Å²) in [7, 11) is 0. The molecule has 2 atom stereocenters. The van der Waals surface area contributed by atoms with Crippen molar-refractivity contribution in [1.29, 1.82) is 0 Å². The van der Waals surface area contributed by atoms with Crippen molar-refractivity contribution in [3.63, 3.8) is 0 Å². The number of anilines is 1. The highest BCUT2D eigenvalue weighted by atomic mass is 16.5. The fourth-order valence-electron chi connectivity index (χ4n) is 3.58. The zero-order valence-electron chi connectivity index (χ0n) is 14.5. The standard InChI is InChI=1S/C19H26N2O3/c1-13-7-8-17-16(11-13)21(19(23)12-24-17)10-9-18(22)20-15-6-4-3-5-14(15)2/h7-8,11,14-15H,3-6,9-10,12H2,1-2H3,(H,20,22)/t14-,15+/m1/s1. The first-order chi connectivity index (χ1) is 11.5. The molecule has 2 aliphatic rings. The molecule has 1 aromatic carbocycles. The molecule has 1 fully saturated rings. The molecule has 0 spiro atoms. The molecule has 1 N–H and O–H groups in total. The Hall–Kier alpha value is -2.04. The number of carbonyl (C=O) groups excluding carboxylic acids is 2. The van der Waals surface area contributed by atoms with Crippen molar-refractivity contribution in [2.45, 2.75) is 52.0 Å². The second-order valence-corrected chi connectivity index (χ2v) is 6.99. The van der Waals surface area contributed by atoms with Gasteiger partial charge in [0.15, 0.2) is 6.61 Å². The van der Waals surface area contributed by atoms with Crippen molar-refractivity contribution < 1.29 is 14.3 Å². The predicted octanol–water partition coefficient (Wildman–Crippen LogP) is 2.81. The molecule has 1 aliphatic carbocycles. The van der Waals surface area contributed by atoms with Crippen LogP contribution in [0.1, 0.15) is 44.6 Å². The highest BCUT2D eigenvalue weighted by molar-refractivity contribution is 5.98. The van der Waals surface area contributed by atoms with Crippen LogP contribution in [0.3, 0.4) is 0 Å². The van der Waals surface area contributed by atoms with Gasteiger partial charge in [0.25, 0.3) is 5.91 Å². The molecule has 24 heavy (non-hydrogen) atoms. The van der Waals surface area contributed by atoms with Gasteiger partial charge in [-0.25, -0.2) is 0 Å². The number of hydrogen-bond donors (Lipinski definition) is 1. The lowest BCUT2D eigenvalue weighted by atomic mass is 9.86. The smallest absolute Gasteiger partial charge is 0.265 e. The Morgan fingerprint density at radius 3 is 2.92 bits per heavy atom. The molecule has 0 saturated heterocycles. The second kappa shape index (κ2) is 7.24. The van der Waals surface area contributed by atoms with E-state index < -0.39 is 0 Å². The second-order valence-electron chi connectivity index (χ2n) is 6.99. The summed E-state index contributed by atoms with van der Waals surface area (Å²) in [6.07, 6.45) is 5.00. The van der Waals surface area contributed by atoms with Gasteiger partial charge in [0.1, 0.15) is 5.75 Å². The van der Waals surface area contributed by atoms with Gasteiger partial charge < -0.3 is 15.0 Å². The van der Waals surface area contributed by atoms with E-state index in [1.54, 1.807) is 4.90 Å². The van der Waals surface area contributed by atoms with Crippen molar-refractivity contribution in [3.05, 3.63) is 23.8 Å². The number of amides is 2. The van der Waals surface area contributed by atoms with E-state index in [1.807, 2.05) is 25.1 Å². The third kappa shape index (κ3) is 3.71. The van der Waals surface area contributed by atoms with E-state index in [-0.39, 0.29) is 24.5 Å². The Balaban J connectivity index is 1.61. The molecule has 5 nitrogen and oxygen atoms in total. The fourth-order valence-corrected chi connectivity index (χ4v) is 3.58. The van der Waals surface area contributed by atoms with E-state index in [0.29, 0.717) is 24.6 Å². The van der Waals surface area contributed by atoms with E-state index in [1.165, 1.54) is 19.3 Å². The quantitative estimate of drug-likeness (QED) is 0.923. The Morgan fingerprint density at radius 1 is 1.33 bits per heavy atom. The Bertz CT molecular complexity index is 629. The lowest BCUT2D eigenvalue weighted by molar-refractivity contribution is -0.122. The highest BCUT2D eigenvalue weighted by Gasteiger charge is 2.27. The average molecular weight is 330 g/mol. The van der Waals surface area contributed by atoms with Crippen molar-refractivity contribution >= 4 is 17.5 Å². The number of aryl methyl sites for hydroxylation is 1. The lowest BCUT2D eigenvalue weighted by Gasteiger charge is -2.31. The molecule has 1 aromatic rings. The Morgan fingerprint density at radius 2 is 2.12 bits per heavy atom. The number of nitrogens with one attached hydrogen (secondary N) is 1. The first-order valence-corrected chi connectivity index (χ1v) is 8.88. The fraction of sp³-hybridized carbons (Fsp3) is 0.579. The average Bonchev–Trinajstić information content (AvgIpc) is 2.56. The van der Waals surface area contributed by atoms with Gasteiger partial charge in [0.05, 0.1) is 5.69 Å². The van der Waals surface area contributed by atoms with Crippen LogP contribution >= 0.6 is 0 Å². The van der Waals surface area contributed by atoms with E-state index in [9.17, 15) is 9.59 Å². The van der Waals surface area contributed by atoms with Gasteiger partial charge in [0.2, 0.25) is 5.91 Å². The molecule has 3 rings (SSSR count). The van der Waals surface area contributed by atoms with Crippen LogP contribution in [0.2, 0.25) is 0 Å². The first-order valence-electron chi connectivity index (χ1n) is 8.88. The van der Waals surface area contributed by atoms with Gasteiger partial charge in [-0.3, -0.25) is 9.59 Å². The molecule has 1 saturated carbocycles. The normalized spacial score (nSPS) is 23.4. The number of fused-ring (bicyclic) bond motifs is 1. The SMILES string of the molecule is Cc1ccc2c(c1)N(CCC(=O)N[C@H]1CCCC[C@H]1C)C(=O)CO2. The topological polar surface area (TPSA) is 58.6 Å². The van der Waals surface area contributed by atoms with E-state index in [2.05, 4.69) is 12.2 Å². The van der Waals surface area contributed by atoms with Crippen LogP contribution in [0.15, 0.2) is 18.2 Å². The molecule has 0 unspecified atom stereocenters. The first kappa shape index (κ1) is 16.8. The van der Waals surface area contributed by atoms with Gasteiger partial charge in [-0.05, 0) is 43.4 Å². The van der Waals surface area contributed by atoms with Crippen molar-refractivity contribution in [3.8, 4) is 5.75 Å². The minimum atomic E-state index is -0.0908. The van der Waals surface area contributed by atoms with Crippen LogP contribution in [0, 0.1) is 12.8 Å². The summed E-state index contributed by atoms with van der Waals surface area (Å²) < 4.78 is 5.47. The van der Waals surface area contributed by atoms with Gasteiger partial charge in [-0.15, -0.1) is 0 Å². The number of carbonyl (C=O) groups is 2. The summed E-state index contributed by atoms with van der Waals surface area (Å²) in [6.45, 7) is 4.62. The molecule has 1 heterocycles. The lowest BCUT2D eigenvalue weighted by Crippen LogP contribution is -2.44. The minimum Gasteiger partial charge on any atom is -0.482 e. The number of hydrogen-bond acceptors (Lipinski definition) is 3. The third-order valence-electron chi connectivity index (χ3n) is 5.08. The summed E-state index contributed by atoms with van der Waals surface area (Å²) in [6, 6.07) is 6.06. The number of benzene rings is 1. The summed E-state index contributed by atoms with van der Waals surface area (Å²) >= 11 is 0. The summed E-state index contributed by atoms with van der Waals surface area (Å²) in [5, 5.41) is 3.15. The van der Waals surface area contributed by atoms with Gasteiger partial charge >= 0.3 is 0 Å². The van der Waals surface area contributed by atoms with E-state index >= 15 is 0 Å². The molecule has 2 amide bonds. The molecule has 130 valence electrons. The van der Waals surface area contributed by atoms with E-state index in [4.69, 9.17) is 4.74 Å². The maximum Gasteiger partial charge on any atom is 0.265 e. The molecular weight excluding hydrogens is 304 g/mol. The van der Waals surface area contributed by atoms with Crippen molar-refractivity contribution in [2.75, 3.05) is 18.1 Å². The maximum absolute atomic E-state index is 12.3.